The van der Waals surface area contributed by atoms with Crippen molar-refractivity contribution in [2.45, 2.75) is 12.8 Å². The van der Waals surface area contributed by atoms with Crippen LogP contribution in [0.4, 0.5) is 11.4 Å². The van der Waals surface area contributed by atoms with E-state index in [1.807, 2.05) is 5.38 Å². The molecule has 0 bridgehead atoms. The molecule has 0 saturated carbocycles. The second kappa shape index (κ2) is 12.0. The van der Waals surface area contributed by atoms with E-state index in [0.717, 1.165) is 5.01 Å². The summed E-state index contributed by atoms with van der Waals surface area (Å²) < 4.78 is 3.13. The number of anilines is 2. The molecule has 0 spiro atoms. The van der Waals surface area contributed by atoms with Crippen molar-refractivity contribution in [1.29, 1.82) is 0 Å². The van der Waals surface area contributed by atoms with Gasteiger partial charge >= 0.3 is 0 Å². The number of hydrogen-bond donors (Lipinski definition) is 5. The van der Waals surface area contributed by atoms with E-state index in [9.17, 15) is 19.2 Å². The Hall–Kier alpha value is -4.34. The molecule has 0 aliphatic rings. The van der Waals surface area contributed by atoms with Crippen LogP contribution >= 0.6 is 22.7 Å². The highest BCUT2D eigenvalue weighted by atomic mass is 32.1. The van der Waals surface area contributed by atoms with E-state index in [1.165, 1.54) is 28.7 Å². The van der Waals surface area contributed by atoms with Crippen molar-refractivity contribution in [1.82, 2.24) is 24.4 Å². The molecule has 7 N–H and O–H groups in total. The molecule has 4 amide bonds. The van der Waals surface area contributed by atoms with Crippen molar-refractivity contribution in [2.24, 2.45) is 25.6 Å². The Bertz CT molecular complexity index is 1530. The lowest BCUT2D eigenvalue weighted by molar-refractivity contribution is -0.117. The van der Waals surface area contributed by atoms with E-state index in [-0.39, 0.29) is 24.4 Å². The fourth-order valence-corrected chi connectivity index (χ4v) is 5.27. The summed E-state index contributed by atoms with van der Waals surface area (Å²) in [6.45, 7) is 0.625. The second-order valence-corrected chi connectivity index (χ2v) is 10.3. The lowest BCUT2D eigenvalue weighted by Gasteiger charge is -2.04. The first-order valence-corrected chi connectivity index (χ1v) is 13.5. The Morgan fingerprint density at radius 3 is 2.18 bits per heavy atom. The molecule has 0 aliphatic heterocycles. The number of amides is 4. The summed E-state index contributed by atoms with van der Waals surface area (Å²) in [5.74, 6) is -1.77. The monoisotopic (exact) mass is 569 g/mol. The maximum Gasteiger partial charge on any atom is 0.275 e. The van der Waals surface area contributed by atoms with E-state index < -0.39 is 23.6 Å². The van der Waals surface area contributed by atoms with Gasteiger partial charge in [-0.25, -0.2) is 9.97 Å². The number of primary amides is 1. The first-order valence-electron chi connectivity index (χ1n) is 11.8. The number of hydrogen-bond acceptors (Lipinski definition) is 9. The van der Waals surface area contributed by atoms with E-state index in [1.54, 1.807) is 47.1 Å². The molecule has 15 heteroatoms. The molecular weight excluding hydrogens is 542 g/mol. The van der Waals surface area contributed by atoms with Crippen LogP contribution in [-0.4, -0.2) is 55.8 Å². The summed E-state index contributed by atoms with van der Waals surface area (Å²) >= 11 is 2.82. The molecule has 0 saturated heterocycles. The van der Waals surface area contributed by atoms with Gasteiger partial charge in [-0.15, -0.1) is 22.7 Å². The Labute approximate surface area is 231 Å². The van der Waals surface area contributed by atoms with Gasteiger partial charge in [0.2, 0.25) is 5.91 Å². The molecule has 0 aromatic carbocycles. The van der Waals surface area contributed by atoms with Crippen LogP contribution in [0.15, 0.2) is 35.3 Å². The number of carbonyl (C=O) groups excluding carboxylic acids is 4. The number of aromatic nitrogens is 4. The lowest BCUT2D eigenvalue weighted by atomic mass is 10.3. The van der Waals surface area contributed by atoms with Gasteiger partial charge in [-0.05, 0) is 18.7 Å². The number of nitrogens with zero attached hydrogens (tertiary/aromatic N) is 4. The Kier molecular flexibility index (Phi) is 8.53. The minimum Gasteiger partial charge on any atom is -0.370 e. The quantitative estimate of drug-likeness (QED) is 0.181. The van der Waals surface area contributed by atoms with Crippen LogP contribution in [-0.2, 0) is 25.3 Å². The van der Waals surface area contributed by atoms with Crippen LogP contribution in [0.5, 0.6) is 0 Å². The van der Waals surface area contributed by atoms with Crippen LogP contribution in [0.25, 0.3) is 10.7 Å². The van der Waals surface area contributed by atoms with Crippen LogP contribution < -0.4 is 27.4 Å². The molecular formula is C24H27N9O4S2. The number of nitrogens with one attached hydrogen (secondary N) is 3. The molecule has 0 unspecified atom stereocenters. The van der Waals surface area contributed by atoms with Gasteiger partial charge in [-0.1, -0.05) is 0 Å². The highest BCUT2D eigenvalue weighted by Crippen LogP contribution is 2.26. The molecule has 0 radical (unpaired) electrons. The number of carbonyl (C=O) groups is 4. The van der Waals surface area contributed by atoms with Crippen molar-refractivity contribution < 1.29 is 19.2 Å². The molecule has 4 aromatic heterocycles. The van der Waals surface area contributed by atoms with Crippen molar-refractivity contribution in [3.8, 4) is 10.7 Å². The average molecular weight is 570 g/mol. The van der Waals surface area contributed by atoms with Crippen molar-refractivity contribution in [3.05, 3.63) is 57.4 Å². The minimum absolute atomic E-state index is 0.0254. The maximum atomic E-state index is 12.9. The summed E-state index contributed by atoms with van der Waals surface area (Å²) in [6, 6.07) is 3.06. The highest BCUT2D eigenvalue weighted by molar-refractivity contribution is 7.14. The van der Waals surface area contributed by atoms with Crippen LogP contribution in [0.2, 0.25) is 0 Å². The number of nitrogens with two attached hydrogens (primary N) is 2. The van der Waals surface area contributed by atoms with Crippen molar-refractivity contribution in [2.75, 3.05) is 23.7 Å². The third-order valence-electron chi connectivity index (χ3n) is 5.51. The van der Waals surface area contributed by atoms with Gasteiger partial charge < -0.3 is 36.6 Å². The van der Waals surface area contributed by atoms with Crippen LogP contribution in [0.3, 0.4) is 0 Å². The zero-order valence-electron chi connectivity index (χ0n) is 21.2. The average Bonchev–Trinajstić information content (AvgIpc) is 3.66. The van der Waals surface area contributed by atoms with E-state index in [4.69, 9.17) is 11.5 Å². The first kappa shape index (κ1) is 27.7. The molecule has 39 heavy (non-hydrogen) atoms. The Balaban J connectivity index is 1.38. The molecule has 13 nitrogen and oxygen atoms in total. The van der Waals surface area contributed by atoms with E-state index >= 15 is 0 Å². The maximum absolute atomic E-state index is 12.9. The molecule has 0 atom stereocenters. The standard InChI is InChI=1S/C24H27N9O4S2/c1-32-10-14(7-17(32)22(36)27-6-4-19(26)34)29-23(37)18-8-13(9-33(18)2)28-21(35)15-11-39-24(31-15)16-12-38-20(30-16)3-5-25/h7-12H,3-6,25H2,1-2H3,(H2,26,34)(H,27,36)(H,28,35)(H,29,37). The minimum atomic E-state index is -0.516. The molecule has 204 valence electrons. The first-order chi connectivity index (χ1) is 18.6. The van der Waals surface area contributed by atoms with Crippen LogP contribution in [0.1, 0.15) is 42.9 Å². The fraction of sp³-hybridized carbons (Fsp3) is 0.250. The Morgan fingerprint density at radius 1 is 0.897 bits per heavy atom. The van der Waals surface area contributed by atoms with Gasteiger partial charge in [0.25, 0.3) is 17.7 Å². The summed E-state index contributed by atoms with van der Waals surface area (Å²) in [4.78, 5) is 57.8. The fourth-order valence-electron chi connectivity index (χ4n) is 3.64. The van der Waals surface area contributed by atoms with Gasteiger partial charge in [0.05, 0.1) is 16.4 Å². The summed E-state index contributed by atoms with van der Waals surface area (Å²) in [5.41, 5.74) is 13.0. The van der Waals surface area contributed by atoms with Crippen molar-refractivity contribution in [3.63, 3.8) is 0 Å². The topological polar surface area (TPSA) is 192 Å². The van der Waals surface area contributed by atoms with Crippen molar-refractivity contribution >= 4 is 57.7 Å². The lowest BCUT2D eigenvalue weighted by Crippen LogP contribution is -2.29. The second-order valence-electron chi connectivity index (χ2n) is 8.53. The highest BCUT2D eigenvalue weighted by Gasteiger charge is 2.19. The van der Waals surface area contributed by atoms with Crippen LogP contribution in [0, 0.1) is 0 Å². The van der Waals surface area contributed by atoms with Gasteiger partial charge in [0.1, 0.15) is 27.8 Å². The summed E-state index contributed by atoms with van der Waals surface area (Å²) in [7, 11) is 3.33. The van der Waals surface area contributed by atoms with E-state index in [0.29, 0.717) is 40.7 Å². The van der Waals surface area contributed by atoms with E-state index in [2.05, 4.69) is 25.9 Å². The molecule has 0 aliphatic carbocycles. The number of aryl methyl sites for hydroxylation is 2. The SMILES string of the molecule is Cn1cc(NC(=O)c2cc(NC(=O)c3csc(-c4csc(CCN)n4)n3)cn2C)cc1C(=O)NCCC(N)=O. The van der Waals surface area contributed by atoms with Gasteiger partial charge in [0, 0.05) is 56.6 Å². The zero-order valence-corrected chi connectivity index (χ0v) is 22.8. The molecule has 4 rings (SSSR count). The largest absolute Gasteiger partial charge is 0.370 e. The summed E-state index contributed by atoms with van der Waals surface area (Å²) in [6.07, 6.45) is 3.92. The predicted octanol–water partition coefficient (Wildman–Crippen LogP) is 1.55. The molecule has 0 fully saturated rings. The number of thiazole rings is 2. The Morgan fingerprint density at radius 2 is 1.54 bits per heavy atom. The number of rotatable bonds is 11. The van der Waals surface area contributed by atoms with Gasteiger partial charge in [-0.3, -0.25) is 19.2 Å². The third kappa shape index (κ3) is 6.76. The predicted molar refractivity (Wildman–Crippen MR) is 149 cm³/mol. The zero-order chi connectivity index (χ0) is 28.1. The summed E-state index contributed by atoms with van der Waals surface area (Å²) in [5, 5.41) is 13.2. The third-order valence-corrected chi connectivity index (χ3v) is 7.29. The normalized spacial score (nSPS) is 10.8. The molecule has 4 aromatic rings. The smallest absolute Gasteiger partial charge is 0.275 e. The molecule has 4 heterocycles. The van der Waals surface area contributed by atoms with Gasteiger partial charge in [-0.2, -0.15) is 0 Å². The van der Waals surface area contributed by atoms with Gasteiger partial charge in [0.15, 0.2) is 0 Å².